The summed E-state index contributed by atoms with van der Waals surface area (Å²) in [5, 5.41) is 13.3. The molecule has 1 aliphatic carbocycles. The average Bonchev–Trinajstić information content (AvgIpc) is 3.40. The standard InChI is InChI=1S/C34H52N4O4/c1-24(2)38-33(41)36(22-25-15-18-42-19-16-25)23-34(38)20-28-10-11-29(21-34)37(28)17-14-31(26-6-4-3-5-7-26)35-32(40)27-8-12-30(39)13-9-27/h3-7,24-25,27-31,39H,8-23H2,1-2H3,(H,35,40)/t27?,28?,29?,30?,31-,34?/m0/s1. The molecule has 0 radical (unpaired) electrons. The molecule has 3 amide bonds. The number of carbonyl (C=O) groups is 2. The molecule has 1 aromatic carbocycles. The molecule has 4 saturated heterocycles. The molecule has 232 valence electrons. The Hall–Kier alpha value is -2.16. The number of carbonyl (C=O) groups excluding carboxylic acids is 2. The molecule has 8 nitrogen and oxygen atoms in total. The zero-order valence-electron chi connectivity index (χ0n) is 25.8. The van der Waals surface area contributed by atoms with Crippen LogP contribution in [0.15, 0.2) is 30.3 Å². The van der Waals surface area contributed by atoms with E-state index in [2.05, 4.69) is 58.1 Å². The van der Waals surface area contributed by atoms with Gasteiger partial charge in [0.1, 0.15) is 0 Å². The van der Waals surface area contributed by atoms with Gasteiger partial charge in [0.15, 0.2) is 0 Å². The second-order valence-corrected chi connectivity index (χ2v) is 14.2. The molecule has 1 spiro atoms. The predicted octanol–water partition coefficient (Wildman–Crippen LogP) is 4.72. The van der Waals surface area contributed by atoms with Gasteiger partial charge in [0.25, 0.3) is 0 Å². The minimum Gasteiger partial charge on any atom is -0.393 e. The summed E-state index contributed by atoms with van der Waals surface area (Å²) in [5.41, 5.74) is 1.09. The number of aliphatic hydroxyl groups excluding tert-OH is 1. The Morgan fingerprint density at radius 2 is 1.67 bits per heavy atom. The fourth-order valence-corrected chi connectivity index (χ4v) is 9.02. The van der Waals surface area contributed by atoms with Gasteiger partial charge in [-0.3, -0.25) is 9.69 Å². The maximum absolute atomic E-state index is 13.8. The number of urea groups is 1. The number of piperidine rings is 1. The van der Waals surface area contributed by atoms with Gasteiger partial charge in [0.2, 0.25) is 5.91 Å². The molecule has 2 N–H and O–H groups in total. The van der Waals surface area contributed by atoms with E-state index >= 15 is 0 Å². The first kappa shape index (κ1) is 29.9. The molecule has 5 aliphatic rings. The molecular formula is C34H52N4O4. The van der Waals surface area contributed by atoms with Gasteiger partial charge in [-0.15, -0.1) is 0 Å². The van der Waals surface area contributed by atoms with E-state index in [1.165, 1.54) is 18.4 Å². The topological polar surface area (TPSA) is 85.4 Å². The summed E-state index contributed by atoms with van der Waals surface area (Å²) in [6, 6.07) is 11.8. The molecule has 2 unspecified atom stereocenters. The van der Waals surface area contributed by atoms with E-state index in [-0.39, 0.29) is 41.6 Å². The Bertz CT molecular complexity index is 1050. The molecule has 1 saturated carbocycles. The van der Waals surface area contributed by atoms with E-state index in [1.54, 1.807) is 0 Å². The Kier molecular flexibility index (Phi) is 9.13. The highest BCUT2D eigenvalue weighted by Gasteiger charge is 2.57. The Balaban J connectivity index is 1.12. The molecule has 5 fully saturated rings. The van der Waals surface area contributed by atoms with Crippen molar-refractivity contribution in [3.05, 3.63) is 35.9 Å². The Morgan fingerprint density at radius 1 is 1.00 bits per heavy atom. The summed E-state index contributed by atoms with van der Waals surface area (Å²) in [7, 11) is 0. The number of hydrogen-bond acceptors (Lipinski definition) is 5. The number of amides is 3. The first-order valence-corrected chi connectivity index (χ1v) is 16.8. The van der Waals surface area contributed by atoms with Gasteiger partial charge in [0.05, 0.1) is 17.7 Å². The summed E-state index contributed by atoms with van der Waals surface area (Å²) in [6.45, 7) is 8.69. The van der Waals surface area contributed by atoms with Crippen molar-refractivity contribution in [1.29, 1.82) is 0 Å². The second kappa shape index (κ2) is 12.8. The third-order valence-corrected chi connectivity index (χ3v) is 11.1. The summed E-state index contributed by atoms with van der Waals surface area (Å²) in [6.07, 6.45) is 10.2. The molecule has 3 atom stereocenters. The molecule has 6 rings (SSSR count). The number of nitrogens with one attached hydrogen (secondary N) is 1. The van der Waals surface area contributed by atoms with Crippen LogP contribution in [0.2, 0.25) is 0 Å². The van der Waals surface area contributed by atoms with E-state index < -0.39 is 0 Å². The Labute approximate surface area is 252 Å². The number of benzene rings is 1. The number of nitrogens with zero attached hydrogens (tertiary/aromatic N) is 3. The number of ether oxygens (including phenoxy) is 1. The lowest BCUT2D eigenvalue weighted by molar-refractivity contribution is -0.127. The van der Waals surface area contributed by atoms with Crippen LogP contribution in [-0.4, -0.2) is 94.4 Å². The van der Waals surface area contributed by atoms with E-state index in [0.717, 1.165) is 90.6 Å². The van der Waals surface area contributed by atoms with Crippen LogP contribution < -0.4 is 5.32 Å². The van der Waals surface area contributed by atoms with E-state index in [0.29, 0.717) is 18.0 Å². The first-order chi connectivity index (χ1) is 20.3. The third kappa shape index (κ3) is 6.22. The summed E-state index contributed by atoms with van der Waals surface area (Å²) in [5.74, 6) is 0.683. The van der Waals surface area contributed by atoms with E-state index in [1.807, 2.05) is 6.07 Å². The number of rotatable bonds is 9. The van der Waals surface area contributed by atoms with Crippen molar-refractivity contribution in [2.24, 2.45) is 11.8 Å². The quantitative estimate of drug-likeness (QED) is 0.442. The lowest BCUT2D eigenvalue weighted by atomic mass is 9.81. The summed E-state index contributed by atoms with van der Waals surface area (Å²) < 4.78 is 5.58. The van der Waals surface area contributed by atoms with Crippen LogP contribution in [-0.2, 0) is 9.53 Å². The van der Waals surface area contributed by atoms with Crippen LogP contribution in [0.25, 0.3) is 0 Å². The average molecular weight is 581 g/mol. The maximum atomic E-state index is 13.8. The van der Waals surface area contributed by atoms with Gasteiger partial charge in [-0.05, 0) is 96.0 Å². The monoisotopic (exact) mass is 580 g/mol. The van der Waals surface area contributed by atoms with Crippen LogP contribution in [0.5, 0.6) is 0 Å². The van der Waals surface area contributed by atoms with E-state index in [4.69, 9.17) is 4.74 Å². The van der Waals surface area contributed by atoms with Crippen molar-refractivity contribution >= 4 is 11.9 Å². The molecule has 2 bridgehead atoms. The smallest absolute Gasteiger partial charge is 0.320 e. The van der Waals surface area contributed by atoms with Gasteiger partial charge < -0.3 is 25.0 Å². The van der Waals surface area contributed by atoms with Crippen molar-refractivity contribution in [2.45, 2.75) is 120 Å². The largest absolute Gasteiger partial charge is 0.393 e. The number of aliphatic hydroxyl groups is 1. The lowest BCUT2D eigenvalue weighted by Gasteiger charge is -2.49. The van der Waals surface area contributed by atoms with Crippen LogP contribution in [0.3, 0.4) is 0 Å². The molecule has 8 heteroatoms. The van der Waals surface area contributed by atoms with Crippen LogP contribution in [0.1, 0.15) is 96.1 Å². The maximum Gasteiger partial charge on any atom is 0.320 e. The highest BCUT2D eigenvalue weighted by Crippen LogP contribution is 2.48. The molecule has 1 aromatic rings. The summed E-state index contributed by atoms with van der Waals surface area (Å²) in [4.78, 5) is 34.2. The van der Waals surface area contributed by atoms with E-state index in [9.17, 15) is 14.7 Å². The molecule has 4 heterocycles. The molecular weight excluding hydrogens is 528 g/mol. The summed E-state index contributed by atoms with van der Waals surface area (Å²) >= 11 is 0. The SMILES string of the molecule is CC(C)N1C(=O)N(CC2CCOCC2)CC12CC1CCC(C2)N1CC[C@H](NC(=O)C1CCC(O)CC1)c1ccccc1. The number of hydrogen-bond donors (Lipinski definition) is 2. The lowest BCUT2D eigenvalue weighted by Crippen LogP contribution is -2.60. The highest BCUT2D eigenvalue weighted by atomic mass is 16.5. The van der Waals surface area contributed by atoms with Crippen LogP contribution in [0, 0.1) is 11.8 Å². The molecule has 4 aliphatic heterocycles. The number of fused-ring (bicyclic) bond motifs is 2. The van der Waals surface area contributed by atoms with Crippen molar-refractivity contribution in [3.63, 3.8) is 0 Å². The predicted molar refractivity (Wildman–Crippen MR) is 163 cm³/mol. The second-order valence-electron chi connectivity index (χ2n) is 14.2. The minimum absolute atomic E-state index is 0.00311. The van der Waals surface area contributed by atoms with Gasteiger partial charge in [-0.1, -0.05) is 30.3 Å². The fraction of sp³-hybridized carbons (Fsp3) is 0.765. The van der Waals surface area contributed by atoms with Gasteiger partial charge >= 0.3 is 6.03 Å². The van der Waals surface area contributed by atoms with Crippen molar-refractivity contribution in [2.75, 3.05) is 32.8 Å². The highest BCUT2D eigenvalue weighted by molar-refractivity contribution is 5.79. The molecule has 0 aromatic heterocycles. The zero-order valence-corrected chi connectivity index (χ0v) is 25.8. The fourth-order valence-electron chi connectivity index (χ4n) is 9.02. The molecule has 42 heavy (non-hydrogen) atoms. The van der Waals surface area contributed by atoms with Gasteiger partial charge in [-0.25, -0.2) is 4.79 Å². The van der Waals surface area contributed by atoms with Gasteiger partial charge in [0, 0.05) is 56.9 Å². The van der Waals surface area contributed by atoms with Crippen molar-refractivity contribution in [3.8, 4) is 0 Å². The third-order valence-electron chi connectivity index (χ3n) is 11.1. The minimum atomic E-state index is -0.257. The van der Waals surface area contributed by atoms with Crippen molar-refractivity contribution < 1.29 is 19.4 Å². The van der Waals surface area contributed by atoms with Gasteiger partial charge in [-0.2, -0.15) is 0 Å². The Morgan fingerprint density at radius 3 is 2.31 bits per heavy atom. The zero-order chi connectivity index (χ0) is 29.3. The van der Waals surface area contributed by atoms with Crippen LogP contribution >= 0.6 is 0 Å². The first-order valence-electron chi connectivity index (χ1n) is 16.8. The van der Waals surface area contributed by atoms with Crippen LogP contribution in [0.4, 0.5) is 4.79 Å². The normalized spacial score (nSPS) is 33.1. The van der Waals surface area contributed by atoms with Crippen molar-refractivity contribution in [1.82, 2.24) is 20.0 Å².